The molecular weight excluding hydrogens is 198 g/mol. The third-order valence-electron chi connectivity index (χ3n) is 2.95. The Balaban J connectivity index is 3.57. The summed E-state index contributed by atoms with van der Waals surface area (Å²) in [5.41, 5.74) is 0. The second-order valence-electron chi connectivity index (χ2n) is 4.74. The van der Waals surface area contributed by atoms with E-state index in [4.69, 9.17) is 0 Å². The van der Waals surface area contributed by atoms with Gasteiger partial charge < -0.3 is 5.32 Å². The Morgan fingerprint density at radius 1 is 1.06 bits per heavy atom. The minimum Gasteiger partial charge on any atom is -0.314 e. The smallest absolute Gasteiger partial charge is 0.131 e. The molecule has 0 aromatic heterocycles. The molecule has 0 saturated carbocycles. The first kappa shape index (κ1) is 15.6. The average Bonchev–Trinajstić information content (AvgIpc) is 2.23. The van der Waals surface area contributed by atoms with Crippen molar-refractivity contribution in [3.8, 4) is 0 Å². The molecule has 0 radical (unpaired) electrons. The van der Waals surface area contributed by atoms with Gasteiger partial charge >= 0.3 is 0 Å². The molecule has 1 unspecified atom stereocenters. The van der Waals surface area contributed by atoms with Crippen molar-refractivity contribution < 1.29 is 4.79 Å². The normalized spacial score (nSPS) is 12.7. The van der Waals surface area contributed by atoms with Crippen molar-refractivity contribution in [1.82, 2.24) is 5.32 Å². The molecule has 0 fully saturated rings. The van der Waals surface area contributed by atoms with Crippen LogP contribution in [0.15, 0.2) is 0 Å². The monoisotopic (exact) mass is 227 g/mol. The number of nitrogens with one attached hydrogen (secondary N) is 1. The Morgan fingerprint density at radius 2 is 1.81 bits per heavy atom. The summed E-state index contributed by atoms with van der Waals surface area (Å²) in [6.07, 6.45) is 9.75. The topological polar surface area (TPSA) is 29.1 Å². The van der Waals surface area contributed by atoms with Crippen LogP contribution >= 0.6 is 0 Å². The number of carbonyl (C=O) groups is 1. The Bertz CT molecular complexity index is 168. The second kappa shape index (κ2) is 11.1. The highest BCUT2D eigenvalue weighted by atomic mass is 16.1. The molecule has 0 aliphatic carbocycles. The van der Waals surface area contributed by atoms with E-state index in [1.165, 1.54) is 44.9 Å². The molecule has 0 rings (SSSR count). The summed E-state index contributed by atoms with van der Waals surface area (Å²) in [6.45, 7) is 6.99. The lowest BCUT2D eigenvalue weighted by molar-refractivity contribution is -0.116. The first-order valence-corrected chi connectivity index (χ1v) is 6.93. The molecule has 96 valence electrons. The number of ketones is 1. The zero-order valence-electron chi connectivity index (χ0n) is 11.3. The highest BCUT2D eigenvalue weighted by Gasteiger charge is 2.06. The third kappa shape index (κ3) is 10.2. The van der Waals surface area contributed by atoms with Crippen molar-refractivity contribution in [2.24, 2.45) is 0 Å². The fraction of sp³-hybridized carbons (Fsp3) is 0.929. The molecule has 16 heavy (non-hydrogen) atoms. The van der Waals surface area contributed by atoms with Crippen molar-refractivity contribution in [1.29, 1.82) is 0 Å². The quantitative estimate of drug-likeness (QED) is 0.545. The minimum absolute atomic E-state index is 0.286. The van der Waals surface area contributed by atoms with Crippen molar-refractivity contribution in [2.45, 2.75) is 78.2 Å². The first-order chi connectivity index (χ1) is 7.70. The van der Waals surface area contributed by atoms with Crippen molar-refractivity contribution in [3.63, 3.8) is 0 Å². The standard InChI is InChI=1S/C14H29NO/c1-4-6-7-8-10-14(9-5-2)15-12-11-13(3)16/h14-15H,4-12H2,1-3H3. The molecular formula is C14H29NO. The van der Waals surface area contributed by atoms with Crippen LogP contribution in [0, 0.1) is 0 Å². The molecule has 2 nitrogen and oxygen atoms in total. The molecule has 1 atom stereocenters. The van der Waals surface area contributed by atoms with E-state index in [9.17, 15) is 4.79 Å². The van der Waals surface area contributed by atoms with Gasteiger partial charge in [-0.3, -0.25) is 4.79 Å². The molecule has 0 heterocycles. The van der Waals surface area contributed by atoms with Gasteiger partial charge in [0.15, 0.2) is 0 Å². The van der Waals surface area contributed by atoms with Gasteiger partial charge in [-0.2, -0.15) is 0 Å². The van der Waals surface area contributed by atoms with Crippen molar-refractivity contribution >= 4 is 5.78 Å². The number of hydrogen-bond acceptors (Lipinski definition) is 2. The van der Waals surface area contributed by atoms with Gasteiger partial charge in [-0.05, 0) is 19.8 Å². The van der Waals surface area contributed by atoms with Crippen LogP contribution in [0.3, 0.4) is 0 Å². The van der Waals surface area contributed by atoms with E-state index in [-0.39, 0.29) is 5.78 Å². The van der Waals surface area contributed by atoms with E-state index < -0.39 is 0 Å². The highest BCUT2D eigenvalue weighted by Crippen LogP contribution is 2.09. The van der Waals surface area contributed by atoms with Gasteiger partial charge in [-0.15, -0.1) is 0 Å². The molecule has 0 amide bonds. The van der Waals surface area contributed by atoms with Crippen LogP contribution in [0.5, 0.6) is 0 Å². The van der Waals surface area contributed by atoms with Crippen LogP contribution in [0.2, 0.25) is 0 Å². The number of hydrogen-bond donors (Lipinski definition) is 1. The largest absolute Gasteiger partial charge is 0.314 e. The lowest BCUT2D eigenvalue weighted by Gasteiger charge is -2.17. The number of Topliss-reactive ketones (excluding diaryl/α,β-unsaturated/α-hetero) is 1. The van der Waals surface area contributed by atoms with Crippen LogP contribution in [-0.4, -0.2) is 18.4 Å². The van der Waals surface area contributed by atoms with E-state index >= 15 is 0 Å². The molecule has 0 spiro atoms. The van der Waals surface area contributed by atoms with E-state index in [1.54, 1.807) is 6.92 Å². The van der Waals surface area contributed by atoms with E-state index in [2.05, 4.69) is 19.2 Å². The van der Waals surface area contributed by atoms with Gasteiger partial charge in [0.1, 0.15) is 5.78 Å². The first-order valence-electron chi connectivity index (χ1n) is 6.93. The highest BCUT2D eigenvalue weighted by molar-refractivity contribution is 5.75. The number of carbonyl (C=O) groups excluding carboxylic acids is 1. The average molecular weight is 227 g/mol. The predicted molar refractivity (Wildman–Crippen MR) is 70.8 cm³/mol. The van der Waals surface area contributed by atoms with Gasteiger partial charge in [0.25, 0.3) is 0 Å². The van der Waals surface area contributed by atoms with Crippen molar-refractivity contribution in [3.05, 3.63) is 0 Å². The van der Waals surface area contributed by atoms with Crippen LogP contribution in [0.25, 0.3) is 0 Å². The number of unbranched alkanes of at least 4 members (excludes halogenated alkanes) is 3. The molecule has 0 aromatic carbocycles. The van der Waals surface area contributed by atoms with Gasteiger partial charge in [0.2, 0.25) is 0 Å². The van der Waals surface area contributed by atoms with Gasteiger partial charge in [0, 0.05) is 19.0 Å². The summed E-state index contributed by atoms with van der Waals surface area (Å²) < 4.78 is 0. The van der Waals surface area contributed by atoms with Crippen molar-refractivity contribution in [2.75, 3.05) is 6.54 Å². The lowest BCUT2D eigenvalue weighted by Crippen LogP contribution is -2.30. The van der Waals surface area contributed by atoms with Crippen LogP contribution in [-0.2, 0) is 4.79 Å². The van der Waals surface area contributed by atoms with E-state index in [0.717, 1.165) is 6.54 Å². The maximum atomic E-state index is 10.8. The maximum absolute atomic E-state index is 10.8. The predicted octanol–water partition coefficient (Wildman–Crippen LogP) is 3.69. The van der Waals surface area contributed by atoms with Gasteiger partial charge in [-0.25, -0.2) is 0 Å². The van der Waals surface area contributed by atoms with E-state index in [1.807, 2.05) is 0 Å². The Morgan fingerprint density at radius 3 is 2.38 bits per heavy atom. The molecule has 0 aliphatic heterocycles. The summed E-state index contributed by atoms with van der Waals surface area (Å²) in [4.78, 5) is 10.8. The maximum Gasteiger partial charge on any atom is 0.131 e. The third-order valence-corrected chi connectivity index (χ3v) is 2.95. The molecule has 1 N–H and O–H groups in total. The summed E-state index contributed by atoms with van der Waals surface area (Å²) in [5.74, 6) is 0.286. The number of rotatable bonds is 11. The molecule has 2 heteroatoms. The zero-order chi connectivity index (χ0) is 12.2. The van der Waals surface area contributed by atoms with Gasteiger partial charge in [-0.1, -0.05) is 46.0 Å². The summed E-state index contributed by atoms with van der Waals surface area (Å²) in [6, 6.07) is 0.626. The van der Waals surface area contributed by atoms with Crippen LogP contribution < -0.4 is 5.32 Å². The summed E-state index contributed by atoms with van der Waals surface area (Å²) in [5, 5.41) is 3.51. The Labute approximate surface area is 101 Å². The Hall–Kier alpha value is -0.370. The second-order valence-corrected chi connectivity index (χ2v) is 4.74. The lowest BCUT2D eigenvalue weighted by atomic mass is 10.0. The fourth-order valence-electron chi connectivity index (χ4n) is 1.97. The van der Waals surface area contributed by atoms with Crippen LogP contribution in [0.1, 0.15) is 72.1 Å². The zero-order valence-corrected chi connectivity index (χ0v) is 11.3. The molecule has 0 aliphatic rings. The SMILES string of the molecule is CCCCCCC(CCC)NCCC(C)=O. The van der Waals surface area contributed by atoms with E-state index in [0.29, 0.717) is 12.5 Å². The Kier molecular flexibility index (Phi) is 10.9. The fourth-order valence-corrected chi connectivity index (χ4v) is 1.97. The van der Waals surface area contributed by atoms with Gasteiger partial charge in [0.05, 0.1) is 0 Å². The molecule has 0 bridgehead atoms. The molecule has 0 saturated heterocycles. The minimum atomic E-state index is 0.286. The molecule has 0 aromatic rings. The summed E-state index contributed by atoms with van der Waals surface area (Å²) in [7, 11) is 0. The van der Waals surface area contributed by atoms with Crippen LogP contribution in [0.4, 0.5) is 0 Å². The summed E-state index contributed by atoms with van der Waals surface area (Å²) >= 11 is 0.